The third-order valence-electron chi connectivity index (χ3n) is 4.50. The molecule has 0 aliphatic heterocycles. The van der Waals surface area contributed by atoms with Crippen LogP contribution in [0.15, 0.2) is 65.7 Å². The van der Waals surface area contributed by atoms with E-state index in [9.17, 15) is 4.79 Å². The van der Waals surface area contributed by atoms with Crippen molar-refractivity contribution in [1.82, 2.24) is 4.98 Å². The molecule has 3 aromatic carbocycles. The van der Waals surface area contributed by atoms with Gasteiger partial charge in [0.2, 0.25) is 5.91 Å². The fourth-order valence-corrected chi connectivity index (χ4v) is 4.83. The van der Waals surface area contributed by atoms with Crippen molar-refractivity contribution >= 4 is 59.2 Å². The molecule has 0 unspecified atom stereocenters. The number of fused-ring (bicyclic) bond motifs is 4. The molecule has 0 aliphatic carbocycles. The minimum Gasteiger partial charge on any atom is -0.354 e. The summed E-state index contributed by atoms with van der Waals surface area (Å²) in [5, 5.41) is 5.33. The van der Waals surface area contributed by atoms with Crippen LogP contribution < -0.4 is 5.36 Å². The Morgan fingerprint density at radius 2 is 1.64 bits per heavy atom. The summed E-state index contributed by atoms with van der Waals surface area (Å²) in [6.07, 6.45) is 0. The first-order chi connectivity index (χ1) is 12.2. The number of para-hydroxylation sites is 1. The molecule has 0 fully saturated rings. The molecular formula is C21H14N2OS. The Balaban J connectivity index is 2.15. The highest BCUT2D eigenvalue weighted by Crippen LogP contribution is 2.38. The standard InChI is InChI=1S/C21H14N2OS/c1-12(24)22-16-10-5-11-18-19(16)14-7-4-9-17-20(14)21(25-18)13-6-2-3-8-15(13)23-17/h2-11,23H,1H3. The van der Waals surface area contributed by atoms with Gasteiger partial charge >= 0.3 is 0 Å². The zero-order valence-corrected chi connectivity index (χ0v) is 14.4. The van der Waals surface area contributed by atoms with Gasteiger partial charge in [0.15, 0.2) is 0 Å². The number of benzene rings is 3. The van der Waals surface area contributed by atoms with E-state index >= 15 is 0 Å². The zero-order valence-electron chi connectivity index (χ0n) is 13.5. The van der Waals surface area contributed by atoms with Crippen molar-refractivity contribution in [3.8, 4) is 0 Å². The summed E-state index contributed by atoms with van der Waals surface area (Å²) in [5.41, 5.74) is 2.23. The molecule has 4 heteroatoms. The third kappa shape index (κ3) is 2.11. The lowest BCUT2D eigenvalue weighted by molar-refractivity contribution is -0.116. The number of nitrogens with one attached hydrogen (secondary N) is 1. The molecule has 2 heterocycles. The number of carbonyl (C=O) groups is 1. The summed E-state index contributed by atoms with van der Waals surface area (Å²) in [6, 6.07) is 20.6. The molecule has 5 rings (SSSR count). The number of amides is 1. The van der Waals surface area contributed by atoms with Gasteiger partial charge in [-0.1, -0.05) is 36.4 Å². The lowest BCUT2D eigenvalue weighted by Crippen LogP contribution is -2.05. The van der Waals surface area contributed by atoms with Crippen molar-refractivity contribution in [2.24, 2.45) is 4.99 Å². The Bertz CT molecular complexity index is 1380. The first-order valence-electron chi connectivity index (χ1n) is 8.12. The van der Waals surface area contributed by atoms with Crippen molar-refractivity contribution in [3.05, 3.63) is 66.0 Å². The fourth-order valence-electron chi connectivity index (χ4n) is 3.53. The van der Waals surface area contributed by atoms with E-state index < -0.39 is 0 Å². The van der Waals surface area contributed by atoms with Gasteiger partial charge in [-0.25, -0.2) is 4.99 Å². The molecule has 120 valence electrons. The minimum atomic E-state index is -0.179. The summed E-state index contributed by atoms with van der Waals surface area (Å²) in [6.45, 7) is 1.49. The van der Waals surface area contributed by atoms with E-state index in [1.54, 1.807) is 11.3 Å². The molecule has 0 saturated heterocycles. The predicted molar refractivity (Wildman–Crippen MR) is 105 cm³/mol. The van der Waals surface area contributed by atoms with Crippen LogP contribution in [0.2, 0.25) is 0 Å². The Morgan fingerprint density at radius 3 is 2.52 bits per heavy atom. The monoisotopic (exact) mass is 342 g/mol. The molecule has 0 saturated carbocycles. The van der Waals surface area contributed by atoms with Crippen LogP contribution >= 0.6 is 11.3 Å². The van der Waals surface area contributed by atoms with Crippen LogP contribution in [0.5, 0.6) is 0 Å². The second-order valence-electron chi connectivity index (χ2n) is 6.11. The maximum atomic E-state index is 11.6. The number of hydrogen-bond donors (Lipinski definition) is 1. The number of aromatic amines is 1. The Labute approximate surface area is 147 Å². The van der Waals surface area contributed by atoms with Gasteiger partial charge in [-0.15, -0.1) is 11.3 Å². The molecule has 25 heavy (non-hydrogen) atoms. The van der Waals surface area contributed by atoms with Crippen molar-refractivity contribution in [2.75, 3.05) is 0 Å². The Morgan fingerprint density at radius 1 is 0.880 bits per heavy atom. The number of nitrogens with zero attached hydrogens (tertiary/aromatic N) is 1. The summed E-state index contributed by atoms with van der Waals surface area (Å²) < 4.78 is 2.39. The number of hydrogen-bond acceptors (Lipinski definition) is 2. The van der Waals surface area contributed by atoms with Crippen LogP contribution in [-0.4, -0.2) is 10.9 Å². The third-order valence-corrected chi connectivity index (χ3v) is 5.68. The molecule has 0 bridgehead atoms. The van der Waals surface area contributed by atoms with E-state index in [1.807, 2.05) is 18.2 Å². The van der Waals surface area contributed by atoms with Crippen molar-refractivity contribution < 1.29 is 4.79 Å². The molecule has 2 aromatic heterocycles. The number of carbonyl (C=O) groups excluding carboxylic acids is 1. The molecule has 1 amide bonds. The molecule has 1 N–H and O–H groups in total. The predicted octanol–water partition coefficient (Wildman–Crippen LogP) is 5.14. The molecule has 0 atom stereocenters. The summed E-state index contributed by atoms with van der Waals surface area (Å²) in [4.78, 5) is 19.4. The first-order valence-corrected chi connectivity index (χ1v) is 8.94. The maximum Gasteiger partial charge on any atom is 0.243 e. The first kappa shape index (κ1) is 14.4. The topological polar surface area (TPSA) is 45.2 Å². The van der Waals surface area contributed by atoms with Crippen molar-refractivity contribution in [2.45, 2.75) is 6.92 Å². The lowest BCUT2D eigenvalue weighted by atomic mass is 10.0. The average molecular weight is 342 g/mol. The van der Waals surface area contributed by atoms with E-state index in [0.717, 1.165) is 31.9 Å². The Hall–Kier alpha value is -2.98. The average Bonchev–Trinajstić information content (AvgIpc) is 2.61. The smallest absolute Gasteiger partial charge is 0.243 e. The van der Waals surface area contributed by atoms with E-state index in [-0.39, 0.29) is 5.91 Å². The SMILES string of the molecule is CC(=O)N=c1cccc2sc3c4ccccc4[nH]c4cccc(c12)c43. The maximum absolute atomic E-state index is 11.6. The number of H-pyrrole nitrogens is 1. The van der Waals surface area contributed by atoms with Gasteiger partial charge in [0.1, 0.15) is 0 Å². The van der Waals surface area contributed by atoms with Crippen LogP contribution in [0.4, 0.5) is 0 Å². The lowest BCUT2D eigenvalue weighted by Gasteiger charge is -2.12. The molecule has 0 spiro atoms. The van der Waals surface area contributed by atoms with Crippen LogP contribution in [0.25, 0.3) is 42.0 Å². The van der Waals surface area contributed by atoms with Crippen LogP contribution in [-0.2, 0) is 4.79 Å². The highest BCUT2D eigenvalue weighted by Gasteiger charge is 2.12. The largest absolute Gasteiger partial charge is 0.354 e. The van der Waals surface area contributed by atoms with Gasteiger partial charge < -0.3 is 4.98 Å². The number of pyridine rings is 1. The van der Waals surface area contributed by atoms with Crippen molar-refractivity contribution in [3.63, 3.8) is 0 Å². The normalized spacial score (nSPS) is 12.6. The summed E-state index contributed by atoms with van der Waals surface area (Å²) >= 11 is 1.75. The minimum absolute atomic E-state index is 0.179. The van der Waals surface area contributed by atoms with Crippen molar-refractivity contribution in [1.29, 1.82) is 0 Å². The van der Waals surface area contributed by atoms with Gasteiger partial charge in [0, 0.05) is 43.5 Å². The van der Waals surface area contributed by atoms with E-state index in [2.05, 4.69) is 52.4 Å². The van der Waals surface area contributed by atoms with E-state index in [4.69, 9.17) is 0 Å². The number of rotatable bonds is 0. The van der Waals surface area contributed by atoms with E-state index in [0.29, 0.717) is 0 Å². The zero-order chi connectivity index (χ0) is 17.0. The summed E-state index contributed by atoms with van der Waals surface area (Å²) in [7, 11) is 0. The molecule has 3 nitrogen and oxygen atoms in total. The van der Waals surface area contributed by atoms with Gasteiger partial charge in [-0.2, -0.15) is 0 Å². The fraction of sp³-hybridized carbons (Fsp3) is 0.0476. The number of aromatic nitrogens is 1. The highest BCUT2D eigenvalue weighted by molar-refractivity contribution is 7.25. The molecule has 5 aromatic rings. The molecule has 0 radical (unpaired) electrons. The van der Waals surface area contributed by atoms with Gasteiger partial charge in [-0.3, -0.25) is 4.79 Å². The van der Waals surface area contributed by atoms with Gasteiger partial charge in [0.05, 0.1) is 5.36 Å². The van der Waals surface area contributed by atoms with Gasteiger partial charge in [0.25, 0.3) is 0 Å². The molecular weight excluding hydrogens is 328 g/mol. The summed E-state index contributed by atoms with van der Waals surface area (Å²) in [5.74, 6) is -0.179. The van der Waals surface area contributed by atoms with Gasteiger partial charge in [-0.05, 0) is 29.7 Å². The molecule has 0 aliphatic rings. The highest BCUT2D eigenvalue weighted by atomic mass is 32.1. The second-order valence-corrected chi connectivity index (χ2v) is 7.16. The van der Waals surface area contributed by atoms with Crippen LogP contribution in [0, 0.1) is 0 Å². The Kier molecular flexibility index (Phi) is 3.02. The quantitative estimate of drug-likeness (QED) is 0.307. The van der Waals surface area contributed by atoms with Crippen LogP contribution in [0.1, 0.15) is 6.92 Å². The van der Waals surface area contributed by atoms with E-state index in [1.165, 1.54) is 22.4 Å². The second kappa shape index (κ2) is 5.26. The van der Waals surface area contributed by atoms with Crippen LogP contribution in [0.3, 0.4) is 0 Å².